The van der Waals surface area contributed by atoms with Crippen LogP contribution in [-0.2, 0) is 6.42 Å². The Bertz CT molecular complexity index is 509. The van der Waals surface area contributed by atoms with Crippen LogP contribution in [0.5, 0.6) is 0 Å². The van der Waals surface area contributed by atoms with Gasteiger partial charge in [0.1, 0.15) is 6.26 Å². The number of rotatable bonds is 4. The number of nitrogens with zero attached hydrogens (tertiary/aromatic N) is 1. The Labute approximate surface area is 105 Å². The molecule has 0 radical (unpaired) electrons. The Morgan fingerprint density at radius 1 is 1.33 bits per heavy atom. The van der Waals surface area contributed by atoms with Crippen molar-refractivity contribution in [3.63, 3.8) is 0 Å². The van der Waals surface area contributed by atoms with Gasteiger partial charge in [-0.3, -0.25) is 5.32 Å². The maximum absolute atomic E-state index is 11.5. The zero-order valence-electron chi connectivity index (χ0n) is 10.1. The van der Waals surface area contributed by atoms with Gasteiger partial charge in [0.2, 0.25) is 0 Å². The van der Waals surface area contributed by atoms with Crippen LogP contribution in [0, 0.1) is 6.92 Å². The first-order valence-electron chi connectivity index (χ1n) is 5.75. The van der Waals surface area contributed by atoms with Crippen molar-refractivity contribution >= 4 is 11.8 Å². The number of carbonyl (C=O) groups excluding carboxylic acids is 1. The lowest BCUT2D eigenvalue weighted by Gasteiger charge is -2.07. The topological polar surface area (TPSA) is 67.2 Å². The van der Waals surface area contributed by atoms with Gasteiger partial charge in [0, 0.05) is 12.6 Å². The molecular weight excluding hydrogens is 230 g/mol. The molecule has 0 saturated carbocycles. The summed E-state index contributed by atoms with van der Waals surface area (Å²) in [6.07, 6.45) is 2.21. The zero-order valence-corrected chi connectivity index (χ0v) is 10.1. The minimum atomic E-state index is -0.280. The fourth-order valence-electron chi connectivity index (χ4n) is 1.64. The van der Waals surface area contributed by atoms with Crippen molar-refractivity contribution in [1.82, 2.24) is 10.5 Å². The Morgan fingerprint density at radius 3 is 2.89 bits per heavy atom. The summed E-state index contributed by atoms with van der Waals surface area (Å²) < 4.78 is 4.61. The number of carbonyl (C=O) groups is 1. The normalized spacial score (nSPS) is 10.1. The summed E-state index contributed by atoms with van der Waals surface area (Å²) in [4.78, 5) is 11.5. The number of benzene rings is 1. The van der Waals surface area contributed by atoms with Crippen LogP contribution in [0.4, 0.5) is 10.6 Å². The molecule has 0 bridgehead atoms. The summed E-state index contributed by atoms with van der Waals surface area (Å²) >= 11 is 0. The third kappa shape index (κ3) is 3.35. The third-order valence-corrected chi connectivity index (χ3v) is 2.62. The van der Waals surface area contributed by atoms with Crippen LogP contribution < -0.4 is 10.6 Å². The van der Waals surface area contributed by atoms with E-state index in [0.717, 1.165) is 6.42 Å². The zero-order chi connectivity index (χ0) is 12.8. The monoisotopic (exact) mass is 245 g/mol. The van der Waals surface area contributed by atoms with Gasteiger partial charge in [-0.25, -0.2) is 4.79 Å². The highest BCUT2D eigenvalue weighted by atomic mass is 16.5. The first-order valence-corrected chi connectivity index (χ1v) is 5.75. The molecule has 2 aromatic rings. The third-order valence-electron chi connectivity index (χ3n) is 2.62. The molecule has 2 rings (SSSR count). The number of urea groups is 1. The van der Waals surface area contributed by atoms with E-state index in [-0.39, 0.29) is 6.03 Å². The van der Waals surface area contributed by atoms with Gasteiger partial charge in [-0.1, -0.05) is 29.4 Å². The fraction of sp³-hybridized carbons (Fsp3) is 0.231. The first-order chi connectivity index (χ1) is 8.75. The van der Waals surface area contributed by atoms with E-state index in [9.17, 15) is 4.79 Å². The highest BCUT2D eigenvalue weighted by Crippen LogP contribution is 2.07. The molecule has 1 aromatic heterocycles. The quantitative estimate of drug-likeness (QED) is 0.868. The van der Waals surface area contributed by atoms with Crippen LogP contribution in [0.1, 0.15) is 11.1 Å². The molecule has 2 amide bonds. The SMILES string of the molecule is Cc1ccccc1CCNC(=O)Nc1ccon1. The van der Waals surface area contributed by atoms with E-state index in [1.54, 1.807) is 6.07 Å². The van der Waals surface area contributed by atoms with E-state index < -0.39 is 0 Å². The summed E-state index contributed by atoms with van der Waals surface area (Å²) in [5.41, 5.74) is 2.47. The van der Waals surface area contributed by atoms with E-state index in [4.69, 9.17) is 0 Å². The summed E-state index contributed by atoms with van der Waals surface area (Å²) in [5.74, 6) is 0.406. The van der Waals surface area contributed by atoms with Crippen LogP contribution in [0.25, 0.3) is 0 Å². The van der Waals surface area contributed by atoms with E-state index >= 15 is 0 Å². The van der Waals surface area contributed by atoms with Gasteiger partial charge in [0.05, 0.1) is 0 Å². The molecule has 5 nitrogen and oxygen atoms in total. The summed E-state index contributed by atoms with van der Waals surface area (Å²) in [5, 5.41) is 8.92. The Kier molecular flexibility index (Phi) is 3.96. The molecule has 0 aliphatic heterocycles. The van der Waals surface area contributed by atoms with Gasteiger partial charge in [0.15, 0.2) is 5.82 Å². The van der Waals surface area contributed by atoms with Crippen molar-refractivity contribution < 1.29 is 9.32 Å². The predicted molar refractivity (Wildman–Crippen MR) is 68.4 cm³/mol. The second-order valence-electron chi connectivity index (χ2n) is 3.94. The Hall–Kier alpha value is -2.30. The number of aromatic nitrogens is 1. The van der Waals surface area contributed by atoms with Crippen molar-refractivity contribution in [2.75, 3.05) is 11.9 Å². The second kappa shape index (κ2) is 5.86. The molecule has 1 heterocycles. The second-order valence-corrected chi connectivity index (χ2v) is 3.94. The molecule has 0 aliphatic rings. The van der Waals surface area contributed by atoms with Crippen LogP contribution >= 0.6 is 0 Å². The van der Waals surface area contributed by atoms with Crippen LogP contribution in [0.15, 0.2) is 41.1 Å². The predicted octanol–water partition coefficient (Wildman–Crippen LogP) is 2.35. The van der Waals surface area contributed by atoms with Crippen molar-refractivity contribution in [3.8, 4) is 0 Å². The highest BCUT2D eigenvalue weighted by Gasteiger charge is 2.03. The van der Waals surface area contributed by atoms with E-state index in [1.165, 1.54) is 17.4 Å². The van der Waals surface area contributed by atoms with Crippen molar-refractivity contribution in [2.24, 2.45) is 0 Å². The van der Waals surface area contributed by atoms with Crippen LogP contribution in [0.2, 0.25) is 0 Å². The lowest BCUT2D eigenvalue weighted by atomic mass is 10.1. The highest BCUT2D eigenvalue weighted by molar-refractivity contribution is 5.87. The lowest BCUT2D eigenvalue weighted by Crippen LogP contribution is -2.30. The van der Waals surface area contributed by atoms with Crippen LogP contribution in [-0.4, -0.2) is 17.7 Å². The Balaban J connectivity index is 1.75. The average Bonchev–Trinajstić information content (AvgIpc) is 2.84. The molecule has 94 valence electrons. The van der Waals surface area contributed by atoms with Gasteiger partial charge in [-0.15, -0.1) is 0 Å². The maximum Gasteiger partial charge on any atom is 0.320 e. The number of amides is 2. The van der Waals surface area contributed by atoms with Gasteiger partial charge in [-0.2, -0.15) is 0 Å². The van der Waals surface area contributed by atoms with Crippen molar-refractivity contribution in [1.29, 1.82) is 0 Å². The van der Waals surface area contributed by atoms with Gasteiger partial charge in [0.25, 0.3) is 0 Å². The van der Waals surface area contributed by atoms with Crippen LogP contribution in [0.3, 0.4) is 0 Å². The van der Waals surface area contributed by atoms with Crippen molar-refractivity contribution in [3.05, 3.63) is 47.7 Å². The standard InChI is InChI=1S/C13H15N3O2/c1-10-4-2-3-5-11(10)6-8-14-13(17)15-12-7-9-18-16-12/h2-5,7,9H,6,8H2,1H3,(H2,14,15,16,17). The van der Waals surface area contributed by atoms with Gasteiger partial charge in [-0.05, 0) is 24.5 Å². The minimum Gasteiger partial charge on any atom is -0.363 e. The summed E-state index contributed by atoms with van der Waals surface area (Å²) in [6.45, 7) is 2.64. The van der Waals surface area contributed by atoms with E-state index in [0.29, 0.717) is 12.4 Å². The minimum absolute atomic E-state index is 0.280. The largest absolute Gasteiger partial charge is 0.363 e. The molecule has 2 N–H and O–H groups in total. The molecule has 18 heavy (non-hydrogen) atoms. The number of aryl methyl sites for hydroxylation is 1. The van der Waals surface area contributed by atoms with Gasteiger partial charge < -0.3 is 9.84 Å². The van der Waals surface area contributed by atoms with E-state index in [1.807, 2.05) is 12.1 Å². The molecule has 5 heteroatoms. The summed E-state index contributed by atoms with van der Waals surface area (Å²) in [6, 6.07) is 9.43. The molecule has 0 saturated heterocycles. The number of hydrogen-bond donors (Lipinski definition) is 2. The lowest BCUT2D eigenvalue weighted by molar-refractivity contribution is 0.252. The van der Waals surface area contributed by atoms with Crippen molar-refractivity contribution in [2.45, 2.75) is 13.3 Å². The molecule has 1 aromatic carbocycles. The molecule has 0 fully saturated rings. The average molecular weight is 245 g/mol. The molecule has 0 unspecified atom stereocenters. The number of nitrogens with one attached hydrogen (secondary N) is 2. The number of hydrogen-bond acceptors (Lipinski definition) is 3. The van der Waals surface area contributed by atoms with Gasteiger partial charge >= 0.3 is 6.03 Å². The summed E-state index contributed by atoms with van der Waals surface area (Å²) in [7, 11) is 0. The van der Waals surface area contributed by atoms with E-state index in [2.05, 4.69) is 39.4 Å². The maximum atomic E-state index is 11.5. The molecular formula is C13H15N3O2. The molecule has 0 aliphatic carbocycles. The number of anilines is 1. The first kappa shape index (κ1) is 12.2. The smallest absolute Gasteiger partial charge is 0.320 e. The molecule has 0 spiro atoms. The fourth-order valence-corrected chi connectivity index (χ4v) is 1.64. The molecule has 0 atom stereocenters. The Morgan fingerprint density at radius 2 is 2.17 bits per heavy atom.